The number of benzene rings is 3. The van der Waals surface area contributed by atoms with Gasteiger partial charge < -0.3 is 19.8 Å². The summed E-state index contributed by atoms with van der Waals surface area (Å²) in [5.74, 6) is 2.28. The molecule has 4 rings (SSSR count). The molecule has 3 aromatic carbocycles. The maximum absolute atomic E-state index is 6.50. The van der Waals surface area contributed by atoms with E-state index in [-0.39, 0.29) is 0 Å². The van der Waals surface area contributed by atoms with Gasteiger partial charge >= 0.3 is 0 Å². The highest BCUT2D eigenvalue weighted by Gasteiger charge is 2.11. The van der Waals surface area contributed by atoms with Crippen LogP contribution in [0.25, 0.3) is 11.0 Å². The van der Waals surface area contributed by atoms with Gasteiger partial charge in [-0.2, -0.15) is 0 Å². The van der Waals surface area contributed by atoms with Gasteiger partial charge in [-0.25, -0.2) is 4.98 Å². The van der Waals surface area contributed by atoms with Gasteiger partial charge in [0.05, 0.1) is 18.1 Å². The molecule has 1 heterocycles. The minimum Gasteiger partial charge on any atom is -0.493 e. The molecule has 0 saturated heterocycles. The SMILES string of the molecule is COc1cc(CNCCc2nc3ccccc3[nH]2)c(Cl)cc1OCc1ccccc1. The number of methoxy groups -OCH3 is 1. The number of nitrogens with zero attached hydrogens (tertiary/aromatic N) is 1. The minimum atomic E-state index is 0.461. The van der Waals surface area contributed by atoms with E-state index in [9.17, 15) is 0 Å². The van der Waals surface area contributed by atoms with Crippen LogP contribution in [0.3, 0.4) is 0 Å². The monoisotopic (exact) mass is 421 g/mol. The van der Waals surface area contributed by atoms with Crippen LogP contribution in [0.15, 0.2) is 66.7 Å². The Morgan fingerprint density at radius 3 is 2.60 bits per heavy atom. The largest absolute Gasteiger partial charge is 0.493 e. The first-order valence-electron chi connectivity index (χ1n) is 9.90. The third-order valence-corrected chi connectivity index (χ3v) is 5.21. The van der Waals surface area contributed by atoms with Crippen LogP contribution in [0.5, 0.6) is 11.5 Å². The topological polar surface area (TPSA) is 59.2 Å². The summed E-state index contributed by atoms with van der Waals surface area (Å²) in [5.41, 5.74) is 4.11. The number of rotatable bonds is 9. The molecule has 0 amide bonds. The smallest absolute Gasteiger partial charge is 0.163 e. The van der Waals surface area contributed by atoms with Gasteiger partial charge in [0.2, 0.25) is 0 Å². The van der Waals surface area contributed by atoms with E-state index < -0.39 is 0 Å². The average Bonchev–Trinajstić information content (AvgIpc) is 3.20. The second-order valence-corrected chi connectivity index (χ2v) is 7.40. The van der Waals surface area contributed by atoms with Crippen molar-refractivity contribution in [2.75, 3.05) is 13.7 Å². The Hall–Kier alpha value is -3.02. The maximum atomic E-state index is 6.50. The van der Waals surface area contributed by atoms with Gasteiger partial charge in [0.1, 0.15) is 12.4 Å². The van der Waals surface area contributed by atoms with Gasteiger partial charge in [0.25, 0.3) is 0 Å². The molecule has 0 radical (unpaired) electrons. The van der Waals surface area contributed by atoms with E-state index in [1.165, 1.54) is 0 Å². The molecule has 0 unspecified atom stereocenters. The van der Waals surface area contributed by atoms with E-state index in [2.05, 4.69) is 15.3 Å². The Kier molecular flexibility index (Phi) is 6.52. The number of halogens is 1. The summed E-state index contributed by atoms with van der Waals surface area (Å²) >= 11 is 6.50. The molecule has 1 aromatic heterocycles. The van der Waals surface area contributed by atoms with E-state index in [0.717, 1.165) is 41.0 Å². The molecule has 0 bridgehead atoms. The predicted molar refractivity (Wildman–Crippen MR) is 120 cm³/mol. The number of H-pyrrole nitrogens is 1. The Morgan fingerprint density at radius 1 is 1.00 bits per heavy atom. The second kappa shape index (κ2) is 9.65. The van der Waals surface area contributed by atoms with Crippen molar-refractivity contribution in [1.29, 1.82) is 0 Å². The number of aromatic amines is 1. The van der Waals surface area contributed by atoms with E-state index in [4.69, 9.17) is 21.1 Å². The lowest BCUT2D eigenvalue weighted by Gasteiger charge is -2.14. The standard InChI is InChI=1S/C24H24ClN3O2/c1-29-22-13-18(19(25)14-23(22)30-16-17-7-3-2-4-8-17)15-26-12-11-24-27-20-9-5-6-10-21(20)28-24/h2-10,13-14,26H,11-12,15-16H2,1H3,(H,27,28). The van der Waals surface area contributed by atoms with Crippen molar-refractivity contribution in [1.82, 2.24) is 15.3 Å². The van der Waals surface area contributed by atoms with Crippen molar-refractivity contribution in [3.05, 3.63) is 88.7 Å². The number of para-hydroxylation sites is 2. The molecule has 0 saturated carbocycles. The fraction of sp³-hybridized carbons (Fsp3) is 0.208. The Morgan fingerprint density at radius 2 is 1.80 bits per heavy atom. The zero-order valence-electron chi connectivity index (χ0n) is 16.8. The molecule has 30 heavy (non-hydrogen) atoms. The second-order valence-electron chi connectivity index (χ2n) is 7.00. The summed E-state index contributed by atoms with van der Waals surface area (Å²) in [7, 11) is 1.64. The van der Waals surface area contributed by atoms with Crippen molar-refractivity contribution in [3.8, 4) is 11.5 Å². The molecule has 0 aliphatic carbocycles. The zero-order chi connectivity index (χ0) is 20.8. The molecule has 6 heteroatoms. The average molecular weight is 422 g/mol. The zero-order valence-corrected chi connectivity index (χ0v) is 17.6. The van der Waals surface area contributed by atoms with Crippen molar-refractivity contribution in [2.24, 2.45) is 0 Å². The predicted octanol–water partition coefficient (Wildman–Crippen LogP) is 5.14. The molecule has 0 fully saturated rings. The van der Waals surface area contributed by atoms with E-state index in [1.807, 2.05) is 66.7 Å². The van der Waals surface area contributed by atoms with Crippen molar-refractivity contribution < 1.29 is 9.47 Å². The van der Waals surface area contributed by atoms with Crippen LogP contribution in [0.2, 0.25) is 5.02 Å². The van der Waals surface area contributed by atoms with Gasteiger partial charge in [0.15, 0.2) is 11.5 Å². The van der Waals surface area contributed by atoms with E-state index >= 15 is 0 Å². The molecular formula is C24H24ClN3O2. The number of imidazole rings is 1. The van der Waals surface area contributed by atoms with Crippen LogP contribution in [0.1, 0.15) is 17.0 Å². The van der Waals surface area contributed by atoms with E-state index in [1.54, 1.807) is 7.11 Å². The number of hydrogen-bond acceptors (Lipinski definition) is 4. The summed E-state index contributed by atoms with van der Waals surface area (Å²) in [6, 6.07) is 21.8. The number of hydrogen-bond donors (Lipinski definition) is 2. The highest BCUT2D eigenvalue weighted by Crippen LogP contribution is 2.34. The van der Waals surface area contributed by atoms with Crippen molar-refractivity contribution in [3.63, 3.8) is 0 Å². The van der Waals surface area contributed by atoms with Crippen molar-refractivity contribution >= 4 is 22.6 Å². The highest BCUT2D eigenvalue weighted by atomic mass is 35.5. The minimum absolute atomic E-state index is 0.461. The lowest BCUT2D eigenvalue weighted by atomic mass is 10.2. The van der Waals surface area contributed by atoms with Crippen molar-refractivity contribution in [2.45, 2.75) is 19.6 Å². The molecule has 0 atom stereocenters. The van der Waals surface area contributed by atoms with Crippen LogP contribution in [-0.2, 0) is 19.6 Å². The lowest BCUT2D eigenvalue weighted by Crippen LogP contribution is -2.17. The highest BCUT2D eigenvalue weighted by molar-refractivity contribution is 6.31. The first-order chi connectivity index (χ1) is 14.7. The van der Waals surface area contributed by atoms with Gasteiger partial charge in [-0.05, 0) is 29.3 Å². The Bertz CT molecular complexity index is 1080. The molecule has 154 valence electrons. The van der Waals surface area contributed by atoms with Crippen LogP contribution in [0, 0.1) is 0 Å². The first-order valence-corrected chi connectivity index (χ1v) is 10.3. The quantitative estimate of drug-likeness (QED) is 0.367. The fourth-order valence-electron chi connectivity index (χ4n) is 3.27. The van der Waals surface area contributed by atoms with Crippen LogP contribution < -0.4 is 14.8 Å². The summed E-state index contributed by atoms with van der Waals surface area (Å²) in [6.45, 7) is 1.88. The molecule has 0 spiro atoms. The van der Waals surface area contributed by atoms with Gasteiger partial charge in [-0.3, -0.25) is 0 Å². The third kappa shape index (κ3) is 4.93. The van der Waals surface area contributed by atoms with E-state index in [0.29, 0.717) is 29.7 Å². The van der Waals surface area contributed by atoms with Crippen LogP contribution in [0.4, 0.5) is 0 Å². The van der Waals surface area contributed by atoms with Crippen LogP contribution in [-0.4, -0.2) is 23.6 Å². The van der Waals surface area contributed by atoms with Gasteiger partial charge in [0, 0.05) is 30.6 Å². The first kappa shape index (κ1) is 20.3. The number of fused-ring (bicyclic) bond motifs is 1. The molecule has 0 aliphatic rings. The molecule has 0 aliphatic heterocycles. The molecule has 2 N–H and O–H groups in total. The summed E-state index contributed by atoms with van der Waals surface area (Å²) in [6.07, 6.45) is 0.807. The third-order valence-electron chi connectivity index (χ3n) is 4.86. The number of ether oxygens (including phenoxy) is 2. The van der Waals surface area contributed by atoms with Gasteiger partial charge in [-0.1, -0.05) is 54.1 Å². The lowest BCUT2D eigenvalue weighted by molar-refractivity contribution is 0.284. The molecular weight excluding hydrogens is 398 g/mol. The number of aromatic nitrogens is 2. The summed E-state index contributed by atoms with van der Waals surface area (Å²) in [5, 5.41) is 4.07. The molecule has 4 aromatic rings. The van der Waals surface area contributed by atoms with Crippen LogP contribution >= 0.6 is 11.6 Å². The maximum Gasteiger partial charge on any atom is 0.163 e. The normalized spacial score (nSPS) is 11.0. The van der Waals surface area contributed by atoms with Gasteiger partial charge in [-0.15, -0.1) is 0 Å². The summed E-state index contributed by atoms with van der Waals surface area (Å²) < 4.78 is 11.4. The fourth-order valence-corrected chi connectivity index (χ4v) is 3.49. The number of nitrogens with one attached hydrogen (secondary N) is 2. The molecule has 5 nitrogen and oxygen atoms in total. The Balaban J connectivity index is 1.34. The summed E-state index contributed by atoms with van der Waals surface area (Å²) in [4.78, 5) is 7.95. The Labute approximate surface area is 181 Å².